The van der Waals surface area contributed by atoms with Crippen molar-refractivity contribution in [2.45, 2.75) is 38.6 Å². The number of nitrogens with one attached hydrogen (secondary N) is 2. The van der Waals surface area contributed by atoms with E-state index in [0.29, 0.717) is 57.4 Å². The van der Waals surface area contributed by atoms with Gasteiger partial charge in [-0.05, 0) is 73.2 Å². The van der Waals surface area contributed by atoms with E-state index in [2.05, 4.69) is 10.2 Å². The third-order valence-corrected chi connectivity index (χ3v) is 10.1. The van der Waals surface area contributed by atoms with Crippen molar-refractivity contribution in [3.63, 3.8) is 0 Å². The normalized spacial score (nSPS) is 22.5. The molecule has 38 heavy (non-hydrogen) atoms. The smallest absolute Gasteiger partial charge is 0.282 e. The number of nitrogens with zero attached hydrogens (tertiary/aromatic N) is 3. The third kappa shape index (κ3) is 5.94. The zero-order valence-corrected chi connectivity index (χ0v) is 22.9. The van der Waals surface area contributed by atoms with Crippen molar-refractivity contribution in [2.24, 2.45) is 5.92 Å². The van der Waals surface area contributed by atoms with E-state index in [0.717, 1.165) is 29.0 Å². The van der Waals surface area contributed by atoms with Crippen molar-refractivity contribution < 1.29 is 17.5 Å². The zero-order chi connectivity index (χ0) is 26.7. The second kappa shape index (κ2) is 11.8. The summed E-state index contributed by atoms with van der Waals surface area (Å²) in [5, 5.41) is 11.4. The molecule has 10 heteroatoms. The van der Waals surface area contributed by atoms with Crippen LogP contribution in [0.2, 0.25) is 0 Å². The molecule has 0 radical (unpaired) electrons. The Kier molecular flexibility index (Phi) is 8.44. The molecule has 2 N–H and O–H groups in total. The van der Waals surface area contributed by atoms with E-state index < -0.39 is 10.2 Å². The van der Waals surface area contributed by atoms with Gasteiger partial charge in [-0.25, -0.2) is 4.39 Å². The van der Waals surface area contributed by atoms with E-state index in [1.54, 1.807) is 20.7 Å². The van der Waals surface area contributed by atoms with Crippen LogP contribution in [-0.2, 0) is 14.9 Å². The Morgan fingerprint density at radius 3 is 2.45 bits per heavy atom. The maximum Gasteiger partial charge on any atom is 0.282 e. The molecule has 3 aliphatic rings. The number of morpholine rings is 1. The summed E-state index contributed by atoms with van der Waals surface area (Å²) in [5.41, 5.74) is 4.30. The fourth-order valence-electron chi connectivity index (χ4n) is 6.00. The summed E-state index contributed by atoms with van der Waals surface area (Å²) in [6, 6.07) is 10.1. The molecule has 1 atom stereocenters. The lowest BCUT2D eigenvalue weighted by Crippen LogP contribution is -2.56. The lowest BCUT2D eigenvalue weighted by atomic mass is 9.94. The molecule has 1 saturated carbocycles. The van der Waals surface area contributed by atoms with Crippen molar-refractivity contribution in [3.05, 3.63) is 58.9 Å². The molecular weight excluding hydrogens is 505 g/mol. The number of aryl methyl sites for hydroxylation is 1. The van der Waals surface area contributed by atoms with Crippen molar-refractivity contribution in [1.29, 1.82) is 5.41 Å². The largest absolute Gasteiger partial charge is 0.379 e. The molecule has 3 fully saturated rings. The minimum Gasteiger partial charge on any atom is -0.379 e. The Morgan fingerprint density at radius 1 is 1.05 bits per heavy atom. The van der Waals surface area contributed by atoms with Gasteiger partial charge < -0.3 is 15.5 Å². The van der Waals surface area contributed by atoms with Crippen LogP contribution in [0.15, 0.2) is 36.4 Å². The first-order valence-corrected chi connectivity index (χ1v) is 15.0. The van der Waals surface area contributed by atoms with E-state index in [-0.39, 0.29) is 11.9 Å². The molecule has 8 nitrogen and oxygen atoms in total. The molecule has 2 aromatic rings. The highest BCUT2D eigenvalue weighted by molar-refractivity contribution is 7.86. The van der Waals surface area contributed by atoms with Crippen LogP contribution in [0, 0.1) is 24.1 Å². The van der Waals surface area contributed by atoms with Crippen LogP contribution in [0.1, 0.15) is 48.4 Å². The average molecular weight is 544 g/mol. The summed E-state index contributed by atoms with van der Waals surface area (Å²) < 4.78 is 49.1. The number of benzene rings is 2. The van der Waals surface area contributed by atoms with Gasteiger partial charge >= 0.3 is 0 Å². The molecular formula is C28H38FN5O3S. The first-order chi connectivity index (χ1) is 18.3. The summed E-state index contributed by atoms with van der Waals surface area (Å²) in [6.45, 7) is 6.17. The Morgan fingerprint density at radius 2 is 1.76 bits per heavy atom. The Balaban J connectivity index is 1.45. The van der Waals surface area contributed by atoms with E-state index in [1.807, 2.05) is 19.1 Å². The molecule has 0 aromatic heterocycles. The monoisotopic (exact) mass is 543 g/mol. The number of ether oxygens (including phenoxy) is 1. The van der Waals surface area contributed by atoms with Gasteiger partial charge in [0.2, 0.25) is 0 Å². The van der Waals surface area contributed by atoms with Gasteiger partial charge in [-0.15, -0.1) is 0 Å². The van der Waals surface area contributed by atoms with Gasteiger partial charge in [0.05, 0.1) is 13.2 Å². The van der Waals surface area contributed by atoms with Gasteiger partial charge in [-0.1, -0.05) is 12.8 Å². The average Bonchev–Trinajstić information content (AvgIpc) is 3.44. The third-order valence-electron chi connectivity index (χ3n) is 8.12. The number of rotatable bonds is 8. The van der Waals surface area contributed by atoms with Gasteiger partial charge in [0.1, 0.15) is 5.82 Å². The molecule has 0 spiro atoms. The van der Waals surface area contributed by atoms with E-state index in [1.165, 1.54) is 44.0 Å². The number of hydrogen-bond acceptors (Lipinski definition) is 6. The summed E-state index contributed by atoms with van der Waals surface area (Å²) in [5.74, 6) is 0.340. The molecule has 5 rings (SSSR count). The van der Waals surface area contributed by atoms with Crippen LogP contribution in [0.5, 0.6) is 0 Å². The first-order valence-electron chi connectivity index (χ1n) is 13.6. The molecule has 0 unspecified atom stereocenters. The minimum atomic E-state index is -3.59. The quantitative estimate of drug-likeness (QED) is 0.485. The highest BCUT2D eigenvalue weighted by Gasteiger charge is 2.39. The van der Waals surface area contributed by atoms with Crippen LogP contribution in [0.25, 0.3) is 0 Å². The summed E-state index contributed by atoms with van der Waals surface area (Å²) >= 11 is 0. The Labute approximate surface area is 225 Å². The predicted molar refractivity (Wildman–Crippen MR) is 148 cm³/mol. The molecule has 0 amide bonds. The molecule has 2 saturated heterocycles. The molecule has 2 aliphatic heterocycles. The number of hydrogen-bond donors (Lipinski definition) is 2. The predicted octanol–water partition coefficient (Wildman–Crippen LogP) is 4.30. The van der Waals surface area contributed by atoms with Crippen molar-refractivity contribution in [2.75, 3.05) is 57.8 Å². The number of piperazine rings is 1. The van der Waals surface area contributed by atoms with E-state index in [4.69, 9.17) is 10.1 Å². The first kappa shape index (κ1) is 27.2. The Bertz CT molecular complexity index is 1230. The van der Waals surface area contributed by atoms with E-state index in [9.17, 15) is 12.8 Å². The minimum absolute atomic E-state index is 0.0984. The van der Waals surface area contributed by atoms with Crippen LogP contribution in [-0.4, -0.2) is 80.6 Å². The van der Waals surface area contributed by atoms with Crippen molar-refractivity contribution in [3.8, 4) is 0 Å². The fourth-order valence-corrected chi connectivity index (χ4v) is 7.58. The lowest BCUT2D eigenvalue weighted by molar-refractivity contribution is 0.0631. The molecule has 2 heterocycles. The second-order valence-corrected chi connectivity index (χ2v) is 12.5. The molecule has 206 valence electrons. The summed E-state index contributed by atoms with van der Waals surface area (Å²) in [7, 11) is -3.59. The number of halogens is 1. The van der Waals surface area contributed by atoms with Gasteiger partial charge in [-0.2, -0.15) is 17.0 Å². The fraction of sp³-hybridized carbons (Fsp3) is 0.536. The standard InChI is InChI=1S/C28H38FN5O3S/c1-21-16-27(31-25-8-6-24(29)7-9-25)23(18-30)17-26(21)28-20-34(38(35,36)33-12-14-37-15-13-33)11-10-32(28)19-22-4-2-3-5-22/h6-9,16-18,22,28,30-31H,2-5,10-15,19-20H2,1H3/t28-/m0/s1. The maximum absolute atomic E-state index is 13.6. The van der Waals surface area contributed by atoms with Crippen LogP contribution in [0.4, 0.5) is 15.8 Å². The van der Waals surface area contributed by atoms with Crippen LogP contribution >= 0.6 is 0 Å². The highest BCUT2D eigenvalue weighted by atomic mass is 32.2. The summed E-state index contributed by atoms with van der Waals surface area (Å²) in [4.78, 5) is 2.46. The molecule has 0 bridgehead atoms. The van der Waals surface area contributed by atoms with Gasteiger partial charge in [0.25, 0.3) is 10.2 Å². The van der Waals surface area contributed by atoms with Crippen molar-refractivity contribution in [1.82, 2.24) is 13.5 Å². The zero-order valence-electron chi connectivity index (χ0n) is 22.0. The van der Waals surface area contributed by atoms with E-state index >= 15 is 0 Å². The van der Waals surface area contributed by atoms with Crippen LogP contribution in [0.3, 0.4) is 0 Å². The Hall–Kier alpha value is -2.37. The number of anilines is 2. The maximum atomic E-state index is 13.6. The van der Waals surface area contributed by atoms with Crippen LogP contribution < -0.4 is 5.32 Å². The summed E-state index contributed by atoms with van der Waals surface area (Å²) in [6.07, 6.45) is 6.30. The molecule has 1 aliphatic carbocycles. The van der Waals surface area contributed by atoms with Gasteiger partial charge in [-0.3, -0.25) is 4.90 Å². The van der Waals surface area contributed by atoms with Crippen molar-refractivity contribution >= 4 is 27.8 Å². The second-order valence-electron chi connectivity index (χ2n) is 10.6. The SMILES string of the molecule is Cc1cc(Nc2ccc(F)cc2)c(C=N)cc1[C@@H]1CN(S(=O)(=O)N2CCOCC2)CCN1CC1CCCC1. The molecule has 2 aromatic carbocycles. The topological polar surface area (TPSA) is 89.0 Å². The lowest BCUT2D eigenvalue weighted by Gasteiger charge is -2.44. The van der Waals surface area contributed by atoms with Gasteiger partial charge in [0.15, 0.2) is 0 Å². The highest BCUT2D eigenvalue weighted by Crippen LogP contribution is 2.36. The van der Waals surface area contributed by atoms with Gasteiger partial charge in [0, 0.05) is 68.5 Å².